The van der Waals surface area contributed by atoms with Crippen LogP contribution in [-0.4, -0.2) is 198 Å². The van der Waals surface area contributed by atoms with Crippen molar-refractivity contribution in [3.63, 3.8) is 0 Å². The van der Waals surface area contributed by atoms with Crippen molar-refractivity contribution in [3.8, 4) is 28.7 Å². The van der Waals surface area contributed by atoms with Crippen LogP contribution in [0.5, 0.6) is 28.7 Å². The molecule has 3 fully saturated rings. The number of anilines is 2. The Morgan fingerprint density at radius 1 is 0.660 bits per heavy atom. The molecule has 3 heterocycles. The van der Waals surface area contributed by atoms with E-state index in [4.69, 9.17) is 71.4 Å². The van der Waals surface area contributed by atoms with Crippen LogP contribution in [0, 0.1) is 5.41 Å². The highest BCUT2D eigenvalue weighted by Crippen LogP contribution is 2.43. The lowest BCUT2D eigenvalue weighted by Crippen LogP contribution is -2.64. The van der Waals surface area contributed by atoms with Crippen LogP contribution >= 0.6 is 0 Å². The molecule has 100 heavy (non-hydrogen) atoms. The van der Waals surface area contributed by atoms with Crippen molar-refractivity contribution >= 4 is 75.7 Å². The Hall–Kier alpha value is -7.97. The van der Waals surface area contributed by atoms with Crippen molar-refractivity contribution in [1.29, 1.82) is 0 Å². The van der Waals surface area contributed by atoms with Crippen LogP contribution in [0.15, 0.2) is 54.6 Å². The third-order valence-corrected chi connectivity index (χ3v) is 27.6. The lowest BCUT2D eigenvalue weighted by Gasteiger charge is -2.43. The van der Waals surface area contributed by atoms with Crippen LogP contribution in [0.2, 0.25) is 36.3 Å². The molecule has 3 aromatic carbocycles. The van der Waals surface area contributed by atoms with E-state index in [1.807, 2.05) is 0 Å². The fourth-order valence-electron chi connectivity index (χ4n) is 11.2. The van der Waals surface area contributed by atoms with Crippen LogP contribution in [0.25, 0.3) is 0 Å². The first-order chi connectivity index (χ1) is 46.7. The summed E-state index contributed by atoms with van der Waals surface area (Å²) in [5.41, 5.74) is 7.95. The summed E-state index contributed by atoms with van der Waals surface area (Å²) in [5.74, 6) is -4.22. The summed E-state index contributed by atoms with van der Waals surface area (Å²) in [7, 11) is 1.07. The Labute approximate surface area is 589 Å². The van der Waals surface area contributed by atoms with Gasteiger partial charge in [0.15, 0.2) is 57.9 Å². The van der Waals surface area contributed by atoms with E-state index in [1.54, 1.807) is 21.9 Å². The molecule has 3 aliphatic rings. The molecular formula is C71H105N5O22Si2. The smallest absolute Gasteiger partial charge is 0.411 e. The van der Waals surface area contributed by atoms with Gasteiger partial charge in [0.1, 0.15) is 12.4 Å². The van der Waals surface area contributed by atoms with Crippen molar-refractivity contribution in [3.05, 3.63) is 76.9 Å². The summed E-state index contributed by atoms with van der Waals surface area (Å²) in [6, 6.07) is 9.87. The summed E-state index contributed by atoms with van der Waals surface area (Å²) in [6.07, 6.45) is -6.65. The fraction of sp³-hybridized carbons (Fsp3) is 0.606. The number of esters is 4. The number of carbonyl (C=O) groups excluding carboxylic acids is 8. The number of nitrogen functional groups attached to an aromatic ring is 1. The predicted octanol–water partition coefficient (Wildman–Crippen LogP) is 10.2. The minimum Gasteiger partial charge on any atom is -0.493 e. The summed E-state index contributed by atoms with van der Waals surface area (Å²) in [4.78, 5) is 112. The quantitative estimate of drug-likeness (QED) is 0.0135. The molecule has 29 heteroatoms. The van der Waals surface area contributed by atoms with Crippen LogP contribution in [0.1, 0.15) is 145 Å². The van der Waals surface area contributed by atoms with E-state index in [9.17, 15) is 33.6 Å². The van der Waals surface area contributed by atoms with Gasteiger partial charge in [0.2, 0.25) is 12.4 Å². The third-order valence-electron chi connectivity index (χ3n) is 18.6. The Morgan fingerprint density at radius 2 is 1.21 bits per heavy atom. The zero-order valence-corrected chi connectivity index (χ0v) is 63.6. The van der Waals surface area contributed by atoms with E-state index in [0.717, 1.165) is 33.5 Å². The molecule has 3 aliphatic heterocycles. The van der Waals surface area contributed by atoms with Gasteiger partial charge >= 0.3 is 30.0 Å². The van der Waals surface area contributed by atoms with Gasteiger partial charge in [-0.25, -0.2) is 9.59 Å². The molecule has 0 aromatic heterocycles. The number of nitrogens with zero attached hydrogens (tertiary/aromatic N) is 2. The lowest BCUT2D eigenvalue weighted by atomic mass is 9.91. The first-order valence-corrected chi connectivity index (χ1v) is 39.3. The van der Waals surface area contributed by atoms with E-state index in [-0.39, 0.29) is 105 Å². The number of unbranched alkanes of at least 4 members (excludes halogenated alkanes) is 2. The Balaban J connectivity index is 1.22. The average Bonchev–Trinajstić information content (AvgIpc) is 1.14. The van der Waals surface area contributed by atoms with Gasteiger partial charge < -0.3 is 86.5 Å². The second-order valence-corrected chi connectivity index (χ2v) is 38.7. The highest BCUT2D eigenvalue weighted by atomic mass is 28.4. The standard InChI is InChI=1S/C71H105N5O22Si2/c1-42-30-47(39-92-99(17,18)69(5,6)7)75(37-42)64(81)49-32-55(86-14)57(34-52(49)72)89-27-22-21-23-28-90-58-35-53(50(33-56(58)87-15)65(82)76-41-71(11,12)36-48(76)40-93-100(19,20)70(8,9)10)74-68(84)91-38-46-24-25-54(51(31-46)63(80)73-26-29-85-13)97-67-62(96-45(4)79)60(95-44(3)78)59(94-43(2)77)61(98-67)66(83)88-16/h24-25,31-35,47-48,59-62,67H,1,21-23,26-30,36-41,72H2,2-20H3,(H,73,80)(H,74,84)/t47-,48-,59-,60-,61-,62+,67+/m0/s1. The van der Waals surface area contributed by atoms with Crippen molar-refractivity contribution in [2.45, 2.75) is 194 Å². The molecule has 0 spiro atoms. The largest absolute Gasteiger partial charge is 0.493 e. The molecule has 4 amide bonds. The molecular weight excluding hydrogens is 1330 g/mol. The van der Waals surface area contributed by atoms with E-state index >= 15 is 4.79 Å². The Morgan fingerprint density at radius 3 is 1.77 bits per heavy atom. The second-order valence-electron chi connectivity index (χ2n) is 29.1. The highest BCUT2D eigenvalue weighted by Gasteiger charge is 2.56. The van der Waals surface area contributed by atoms with Gasteiger partial charge in [-0.1, -0.05) is 73.6 Å². The van der Waals surface area contributed by atoms with Gasteiger partial charge in [0.05, 0.1) is 88.8 Å². The number of likely N-dealkylation sites (tertiary alicyclic amines) is 2. The molecule has 27 nitrogen and oxygen atoms in total. The highest BCUT2D eigenvalue weighted by molar-refractivity contribution is 6.74. The average molecular weight is 1440 g/mol. The minimum atomic E-state index is -2.27. The van der Waals surface area contributed by atoms with Crippen molar-refractivity contribution in [2.75, 3.05) is 92.2 Å². The van der Waals surface area contributed by atoms with Gasteiger partial charge in [-0.3, -0.25) is 34.1 Å². The number of carbonyl (C=O) groups is 8. The van der Waals surface area contributed by atoms with Crippen LogP contribution in [0.4, 0.5) is 16.2 Å². The van der Waals surface area contributed by atoms with Crippen LogP contribution in [0.3, 0.4) is 0 Å². The maximum absolute atomic E-state index is 15.2. The van der Waals surface area contributed by atoms with Gasteiger partial charge in [-0.05, 0) is 104 Å². The van der Waals surface area contributed by atoms with Crippen molar-refractivity contribution in [1.82, 2.24) is 15.1 Å². The molecule has 3 aromatic rings. The number of ether oxygens (including phenoxy) is 12. The monoisotopic (exact) mass is 1440 g/mol. The number of nitrogens with one attached hydrogen (secondary N) is 2. The van der Waals surface area contributed by atoms with Gasteiger partial charge in [0.25, 0.3) is 17.7 Å². The zero-order chi connectivity index (χ0) is 74.4. The number of amides is 4. The number of benzene rings is 3. The molecule has 7 atom stereocenters. The van der Waals surface area contributed by atoms with Crippen LogP contribution in [-0.2, 0) is 67.8 Å². The van der Waals surface area contributed by atoms with E-state index in [2.05, 4.69) is 98.8 Å². The fourth-order valence-corrected chi connectivity index (χ4v) is 13.3. The first-order valence-electron chi connectivity index (χ1n) is 33.5. The number of rotatable bonds is 31. The van der Waals surface area contributed by atoms with E-state index in [1.165, 1.54) is 51.7 Å². The number of hydrogen-bond donors (Lipinski definition) is 3. The number of methoxy groups -OCH3 is 4. The maximum atomic E-state index is 15.2. The number of nitrogens with two attached hydrogens (primary N) is 1. The summed E-state index contributed by atoms with van der Waals surface area (Å²) < 4.78 is 81.9. The van der Waals surface area contributed by atoms with Gasteiger partial charge in [-0.15, -0.1) is 0 Å². The molecule has 0 saturated carbocycles. The normalized spacial score (nSPS) is 20.0. The second kappa shape index (κ2) is 34.6. The van der Waals surface area contributed by atoms with E-state index in [0.29, 0.717) is 75.5 Å². The molecule has 6 rings (SSSR count). The van der Waals surface area contributed by atoms with Crippen molar-refractivity contribution in [2.24, 2.45) is 5.41 Å². The van der Waals surface area contributed by atoms with Crippen LogP contribution < -0.4 is 40.1 Å². The molecule has 0 radical (unpaired) electrons. The molecule has 0 bridgehead atoms. The first kappa shape index (κ1) is 81.0. The zero-order valence-electron chi connectivity index (χ0n) is 61.6. The predicted molar refractivity (Wildman–Crippen MR) is 376 cm³/mol. The Kier molecular flexibility index (Phi) is 28.0. The topological polar surface area (TPSA) is 322 Å². The Bertz CT molecular complexity index is 3440. The van der Waals surface area contributed by atoms with Gasteiger partial charge in [-0.2, -0.15) is 0 Å². The summed E-state index contributed by atoms with van der Waals surface area (Å²) >= 11 is 0. The molecule has 0 aliphatic carbocycles. The van der Waals surface area contributed by atoms with E-state index < -0.39 is 95.7 Å². The molecule has 554 valence electrons. The third kappa shape index (κ3) is 21.3. The minimum absolute atomic E-state index is 0.00348. The molecule has 4 N–H and O–H groups in total. The molecule has 3 saturated heterocycles. The van der Waals surface area contributed by atoms with Gasteiger partial charge in [0, 0.05) is 65.3 Å². The maximum Gasteiger partial charge on any atom is 0.411 e. The summed E-state index contributed by atoms with van der Waals surface area (Å²) in [6.45, 7) is 34.8. The molecule has 0 unspecified atom stereocenters. The lowest BCUT2D eigenvalue weighted by molar-refractivity contribution is -0.282. The number of hydrogen-bond acceptors (Lipinski definition) is 23. The van der Waals surface area contributed by atoms with Crippen molar-refractivity contribution < 1.29 is 104 Å². The SMILES string of the molecule is C=C1C[C@@H](CO[Si](C)(C)C(C)(C)C)N(C(=O)c2cc(OC)c(OCCCCCOc3cc(NC(=O)OCc4ccc(O[C@@H]5O[C@H](C(=O)OC)[C@@H](OC(C)=O)[C@H](OC(C)=O)[C@H]5OC(C)=O)c(C(=O)NCCOC)c4)c(C(=O)N4CC(C)(C)C[C@H]4CO[Si](C)(C)C(C)(C)C)cc3OC)cc2N)C1. The summed E-state index contributed by atoms with van der Waals surface area (Å²) in [5, 5.41) is 5.39.